The number of rotatable bonds is 6. The number of hydrogen-bond acceptors (Lipinski definition) is 5. The van der Waals surface area contributed by atoms with Crippen LogP contribution >= 0.6 is 0 Å². The van der Waals surface area contributed by atoms with Gasteiger partial charge in [0.2, 0.25) is 10.0 Å². The van der Waals surface area contributed by atoms with Gasteiger partial charge in [-0.15, -0.1) is 0 Å². The van der Waals surface area contributed by atoms with Crippen molar-refractivity contribution in [3.8, 4) is 0 Å². The molecule has 0 saturated carbocycles. The van der Waals surface area contributed by atoms with Gasteiger partial charge >= 0.3 is 0 Å². The molecule has 0 spiro atoms. The van der Waals surface area contributed by atoms with Crippen LogP contribution in [-0.2, 0) is 14.8 Å². The summed E-state index contributed by atoms with van der Waals surface area (Å²) in [5, 5.41) is 2.50. The van der Waals surface area contributed by atoms with E-state index in [1.807, 2.05) is 6.92 Å². The lowest BCUT2D eigenvalue weighted by Crippen LogP contribution is -2.47. The molecule has 1 heterocycles. The van der Waals surface area contributed by atoms with Crippen molar-refractivity contribution >= 4 is 15.9 Å². The van der Waals surface area contributed by atoms with Crippen LogP contribution in [0.3, 0.4) is 0 Å². The first-order chi connectivity index (χ1) is 10.9. The van der Waals surface area contributed by atoms with E-state index >= 15 is 0 Å². The normalized spacial score (nSPS) is 17.7. The molecule has 23 heavy (non-hydrogen) atoms. The Hall–Kier alpha value is -1.48. The predicted octanol–water partition coefficient (Wildman–Crippen LogP) is 0.0452. The van der Waals surface area contributed by atoms with E-state index in [2.05, 4.69) is 14.9 Å². The number of morpholine rings is 1. The number of benzene rings is 1. The van der Waals surface area contributed by atoms with Crippen LogP contribution in [0.25, 0.3) is 0 Å². The van der Waals surface area contributed by atoms with Crippen molar-refractivity contribution in [2.75, 3.05) is 39.9 Å². The molecule has 1 atom stereocenters. The second kappa shape index (κ2) is 7.87. The van der Waals surface area contributed by atoms with Crippen molar-refractivity contribution in [2.24, 2.45) is 0 Å². The van der Waals surface area contributed by atoms with Crippen molar-refractivity contribution in [1.82, 2.24) is 14.9 Å². The van der Waals surface area contributed by atoms with Crippen LogP contribution in [0.4, 0.5) is 0 Å². The summed E-state index contributed by atoms with van der Waals surface area (Å²) in [6, 6.07) is 5.97. The molecule has 1 aliphatic rings. The molecule has 0 aromatic heterocycles. The monoisotopic (exact) mass is 341 g/mol. The van der Waals surface area contributed by atoms with Crippen LogP contribution in [-0.4, -0.2) is 65.2 Å². The lowest BCUT2D eigenvalue weighted by Gasteiger charge is -2.32. The number of carbonyl (C=O) groups excluding carboxylic acids is 1. The second-order valence-electron chi connectivity index (χ2n) is 5.45. The summed E-state index contributed by atoms with van der Waals surface area (Å²) in [6.45, 7) is 5.30. The summed E-state index contributed by atoms with van der Waals surface area (Å²) < 4.78 is 32.5. The Balaban J connectivity index is 1.96. The van der Waals surface area contributed by atoms with Gasteiger partial charge < -0.3 is 10.1 Å². The van der Waals surface area contributed by atoms with Gasteiger partial charge in [0.05, 0.1) is 18.1 Å². The molecule has 0 bridgehead atoms. The molecule has 2 N–H and O–H groups in total. The highest BCUT2D eigenvalue weighted by molar-refractivity contribution is 7.89. The Morgan fingerprint density at radius 2 is 1.87 bits per heavy atom. The fourth-order valence-corrected chi connectivity index (χ4v) is 3.51. The lowest BCUT2D eigenvalue weighted by molar-refractivity contribution is 0.0213. The predicted molar refractivity (Wildman–Crippen MR) is 86.9 cm³/mol. The number of amides is 1. The zero-order chi connectivity index (χ0) is 16.9. The molecule has 1 aromatic carbocycles. The molecular weight excluding hydrogens is 318 g/mol. The van der Waals surface area contributed by atoms with Gasteiger partial charge in [-0.05, 0) is 31.2 Å². The van der Waals surface area contributed by atoms with E-state index in [9.17, 15) is 13.2 Å². The van der Waals surface area contributed by atoms with E-state index < -0.39 is 10.0 Å². The Labute approximate surface area is 137 Å². The molecule has 2 rings (SSSR count). The van der Waals surface area contributed by atoms with E-state index in [1.54, 1.807) is 0 Å². The number of nitrogens with one attached hydrogen (secondary N) is 2. The third kappa shape index (κ3) is 4.74. The molecule has 1 saturated heterocycles. The van der Waals surface area contributed by atoms with Crippen molar-refractivity contribution in [3.63, 3.8) is 0 Å². The third-order valence-electron chi connectivity index (χ3n) is 3.89. The maximum absolute atomic E-state index is 12.3. The summed E-state index contributed by atoms with van der Waals surface area (Å²) in [5.74, 6) is -0.247. The van der Waals surface area contributed by atoms with Crippen molar-refractivity contribution in [1.29, 1.82) is 0 Å². The Bertz CT molecular complexity index is 625. The van der Waals surface area contributed by atoms with Gasteiger partial charge in [0.25, 0.3) is 5.91 Å². The number of ether oxygens (including phenoxy) is 1. The molecule has 1 fully saturated rings. The summed E-state index contributed by atoms with van der Waals surface area (Å²) in [6.07, 6.45) is 0. The molecule has 8 heteroatoms. The quantitative estimate of drug-likeness (QED) is 0.763. The van der Waals surface area contributed by atoms with Crippen molar-refractivity contribution in [2.45, 2.75) is 17.9 Å². The fourth-order valence-electron chi connectivity index (χ4n) is 2.39. The van der Waals surface area contributed by atoms with Gasteiger partial charge in [0, 0.05) is 38.3 Å². The van der Waals surface area contributed by atoms with E-state index in [4.69, 9.17) is 4.74 Å². The highest BCUT2D eigenvalue weighted by Crippen LogP contribution is 2.11. The second-order valence-corrected chi connectivity index (χ2v) is 7.22. The van der Waals surface area contributed by atoms with Crippen LogP contribution in [0.2, 0.25) is 0 Å². The van der Waals surface area contributed by atoms with E-state index in [1.165, 1.54) is 31.3 Å². The Kier molecular flexibility index (Phi) is 6.11. The van der Waals surface area contributed by atoms with Gasteiger partial charge in [0.1, 0.15) is 0 Å². The summed E-state index contributed by atoms with van der Waals surface area (Å²) in [4.78, 5) is 13.8. The minimum atomic E-state index is -3.58. The zero-order valence-electron chi connectivity index (χ0n) is 13.4. The van der Waals surface area contributed by atoms with Crippen LogP contribution in [0, 0.1) is 0 Å². The molecule has 1 amide bonds. The summed E-state index contributed by atoms with van der Waals surface area (Å²) in [5.41, 5.74) is 0.424. The molecule has 7 nitrogen and oxygen atoms in total. The molecule has 0 radical (unpaired) electrons. The molecule has 128 valence electrons. The van der Waals surface area contributed by atoms with E-state index in [-0.39, 0.29) is 16.8 Å². The standard InChI is InChI=1S/C15H23N3O4S/c1-12(18-7-9-22-10-8-18)11-17-23(20,21)14-5-3-13(4-6-14)15(19)16-2/h3-6,12,17H,7-11H2,1-2H3,(H,16,19)/t12-/m0/s1. The van der Waals surface area contributed by atoms with Crippen LogP contribution in [0.5, 0.6) is 0 Å². The molecule has 1 aliphatic heterocycles. The first-order valence-corrected chi connectivity index (χ1v) is 9.06. The maximum Gasteiger partial charge on any atom is 0.251 e. The smallest absolute Gasteiger partial charge is 0.251 e. The SMILES string of the molecule is CNC(=O)c1ccc(S(=O)(=O)NC[C@H](C)N2CCOCC2)cc1. The average molecular weight is 341 g/mol. The average Bonchev–Trinajstić information content (AvgIpc) is 2.60. The number of nitrogens with zero attached hydrogens (tertiary/aromatic N) is 1. The molecule has 0 aliphatic carbocycles. The number of hydrogen-bond donors (Lipinski definition) is 2. The van der Waals surface area contributed by atoms with Crippen LogP contribution in [0.15, 0.2) is 29.2 Å². The molecular formula is C15H23N3O4S. The minimum Gasteiger partial charge on any atom is -0.379 e. The first kappa shape index (κ1) is 17.9. The molecule has 1 aromatic rings. The van der Waals surface area contributed by atoms with E-state index in [0.29, 0.717) is 25.3 Å². The first-order valence-electron chi connectivity index (χ1n) is 7.57. The Morgan fingerprint density at radius 3 is 2.43 bits per heavy atom. The highest BCUT2D eigenvalue weighted by Gasteiger charge is 2.20. The lowest BCUT2D eigenvalue weighted by atomic mass is 10.2. The Morgan fingerprint density at radius 1 is 1.26 bits per heavy atom. The van der Waals surface area contributed by atoms with Gasteiger partial charge in [-0.3, -0.25) is 9.69 Å². The van der Waals surface area contributed by atoms with Crippen LogP contribution < -0.4 is 10.0 Å². The van der Waals surface area contributed by atoms with Crippen LogP contribution in [0.1, 0.15) is 17.3 Å². The highest BCUT2D eigenvalue weighted by atomic mass is 32.2. The van der Waals surface area contributed by atoms with Gasteiger partial charge in [-0.25, -0.2) is 13.1 Å². The summed E-state index contributed by atoms with van der Waals surface area (Å²) >= 11 is 0. The largest absolute Gasteiger partial charge is 0.379 e. The van der Waals surface area contributed by atoms with Crippen molar-refractivity contribution < 1.29 is 17.9 Å². The van der Waals surface area contributed by atoms with Crippen molar-refractivity contribution in [3.05, 3.63) is 29.8 Å². The van der Waals surface area contributed by atoms with Gasteiger partial charge in [-0.1, -0.05) is 0 Å². The molecule has 0 unspecified atom stereocenters. The summed E-state index contributed by atoms with van der Waals surface area (Å²) in [7, 11) is -2.05. The maximum atomic E-state index is 12.3. The van der Waals surface area contributed by atoms with E-state index in [0.717, 1.165) is 13.1 Å². The topological polar surface area (TPSA) is 87.7 Å². The number of sulfonamides is 1. The third-order valence-corrected chi connectivity index (χ3v) is 5.33. The minimum absolute atomic E-state index is 0.0961. The fraction of sp³-hybridized carbons (Fsp3) is 0.533. The number of carbonyl (C=O) groups is 1. The van der Waals surface area contributed by atoms with Gasteiger partial charge in [0.15, 0.2) is 0 Å². The van der Waals surface area contributed by atoms with Gasteiger partial charge in [-0.2, -0.15) is 0 Å². The zero-order valence-corrected chi connectivity index (χ0v) is 14.2.